The molecule has 0 unspecified atom stereocenters. The van der Waals surface area contributed by atoms with Gasteiger partial charge in [-0.1, -0.05) is 6.07 Å². The lowest BCUT2D eigenvalue weighted by molar-refractivity contribution is 0.0154. The number of aromatic nitrogens is 3. The molecule has 2 aliphatic heterocycles. The Kier molecular flexibility index (Phi) is 4.46. The number of nitrogens with zero attached hydrogens (tertiary/aromatic N) is 4. The molecule has 6 rings (SSSR count). The van der Waals surface area contributed by atoms with Crippen LogP contribution in [-0.4, -0.2) is 38.6 Å². The summed E-state index contributed by atoms with van der Waals surface area (Å²) in [5.74, 6) is -0.864. The molecule has 3 aromatic rings. The van der Waals surface area contributed by atoms with E-state index in [1.54, 1.807) is 16.7 Å². The van der Waals surface area contributed by atoms with Gasteiger partial charge in [0.1, 0.15) is 11.6 Å². The van der Waals surface area contributed by atoms with Crippen LogP contribution in [0.25, 0.3) is 5.78 Å². The summed E-state index contributed by atoms with van der Waals surface area (Å²) < 4.78 is 27.8. The molecule has 4 heterocycles. The normalized spacial score (nSPS) is 23.8. The van der Waals surface area contributed by atoms with E-state index in [0.717, 1.165) is 18.5 Å². The van der Waals surface area contributed by atoms with Gasteiger partial charge >= 0.3 is 0 Å². The number of benzene rings is 1. The van der Waals surface area contributed by atoms with E-state index in [1.807, 2.05) is 20.0 Å². The summed E-state index contributed by atoms with van der Waals surface area (Å²) >= 11 is 0. The number of halogens is 1. The van der Waals surface area contributed by atoms with Gasteiger partial charge in [-0.3, -0.25) is 9.20 Å². The van der Waals surface area contributed by atoms with E-state index in [4.69, 9.17) is 14.7 Å². The number of hydrogen-bond donors (Lipinski definition) is 1. The molecule has 32 heavy (non-hydrogen) atoms. The highest BCUT2D eigenvalue weighted by Crippen LogP contribution is 2.58. The topological polar surface area (TPSA) is 102 Å². The van der Waals surface area contributed by atoms with E-state index in [-0.39, 0.29) is 39.8 Å². The standard InChI is InChI=1S/C23H22FN5O3/c1-13(2)32-20-15(19(30)26-16-6-4-5-14(7-25)18(16)24)8-29-9-17(27-21(29)28-20)23-10-22(3,11-23)31-12-23/h4-6,8-9,13H,10-12H2,1-3H3,(H,26,30). The minimum absolute atomic E-state index is 0.0811. The highest BCUT2D eigenvalue weighted by atomic mass is 19.1. The van der Waals surface area contributed by atoms with Crippen LogP contribution >= 0.6 is 0 Å². The third kappa shape index (κ3) is 3.19. The Morgan fingerprint density at radius 3 is 2.78 bits per heavy atom. The van der Waals surface area contributed by atoms with Crippen LogP contribution in [0.15, 0.2) is 30.6 Å². The predicted octanol–water partition coefficient (Wildman–Crippen LogP) is 3.60. The van der Waals surface area contributed by atoms with Crippen molar-refractivity contribution in [3.8, 4) is 11.9 Å². The molecule has 1 saturated carbocycles. The van der Waals surface area contributed by atoms with E-state index in [0.29, 0.717) is 12.4 Å². The lowest BCUT2D eigenvalue weighted by atomic mass is 9.62. The number of nitrogens with one attached hydrogen (secondary N) is 1. The first kappa shape index (κ1) is 20.4. The number of hydrogen-bond acceptors (Lipinski definition) is 6. The fraction of sp³-hybridized carbons (Fsp3) is 0.391. The summed E-state index contributed by atoms with van der Waals surface area (Å²) in [4.78, 5) is 22.2. The van der Waals surface area contributed by atoms with Crippen molar-refractivity contribution in [3.05, 3.63) is 53.2 Å². The predicted molar refractivity (Wildman–Crippen MR) is 113 cm³/mol. The van der Waals surface area contributed by atoms with Crippen LogP contribution in [0.5, 0.6) is 5.88 Å². The molecule has 1 aliphatic carbocycles. The zero-order valence-electron chi connectivity index (χ0n) is 18.0. The lowest BCUT2D eigenvalue weighted by Crippen LogP contribution is -2.45. The van der Waals surface area contributed by atoms with Gasteiger partial charge in [-0.2, -0.15) is 10.2 Å². The fourth-order valence-corrected chi connectivity index (χ4v) is 4.69. The summed E-state index contributed by atoms with van der Waals surface area (Å²) in [7, 11) is 0. The lowest BCUT2D eigenvalue weighted by Gasteiger charge is -2.41. The summed E-state index contributed by atoms with van der Waals surface area (Å²) in [6.45, 7) is 6.36. The van der Waals surface area contributed by atoms with Crippen molar-refractivity contribution < 1.29 is 18.7 Å². The summed E-state index contributed by atoms with van der Waals surface area (Å²) in [6.07, 6.45) is 5.02. The molecule has 3 fully saturated rings. The second-order valence-electron chi connectivity index (χ2n) is 9.07. The van der Waals surface area contributed by atoms with E-state index in [9.17, 15) is 9.18 Å². The van der Waals surface area contributed by atoms with Crippen molar-refractivity contribution in [3.63, 3.8) is 0 Å². The van der Waals surface area contributed by atoms with Crippen LogP contribution in [0.1, 0.15) is 55.2 Å². The Morgan fingerprint density at radius 2 is 2.12 bits per heavy atom. The van der Waals surface area contributed by atoms with Crippen molar-refractivity contribution in [2.45, 2.75) is 50.7 Å². The molecule has 2 aromatic heterocycles. The number of fused-ring (bicyclic) bond motifs is 2. The summed E-state index contributed by atoms with van der Waals surface area (Å²) in [5, 5.41) is 11.6. The van der Waals surface area contributed by atoms with E-state index >= 15 is 0 Å². The number of carbonyl (C=O) groups is 1. The van der Waals surface area contributed by atoms with Crippen molar-refractivity contribution in [2.24, 2.45) is 0 Å². The molecule has 2 saturated heterocycles. The van der Waals surface area contributed by atoms with Crippen LogP contribution in [0, 0.1) is 17.1 Å². The van der Waals surface area contributed by atoms with E-state index < -0.39 is 11.7 Å². The molecule has 0 radical (unpaired) electrons. The SMILES string of the molecule is CC(C)Oc1nc2nc(C34COC(C)(C3)C4)cn2cc1C(=O)Nc1cccc(C#N)c1F. The van der Waals surface area contributed by atoms with Gasteiger partial charge in [-0.25, -0.2) is 9.37 Å². The highest BCUT2D eigenvalue weighted by Gasteiger charge is 2.61. The number of imidazole rings is 1. The third-order valence-corrected chi connectivity index (χ3v) is 6.04. The zero-order valence-corrected chi connectivity index (χ0v) is 18.0. The molecule has 8 nitrogen and oxygen atoms in total. The second kappa shape index (κ2) is 7.00. The van der Waals surface area contributed by atoms with Gasteiger partial charge in [-0.05, 0) is 45.7 Å². The Labute approximate surface area is 184 Å². The van der Waals surface area contributed by atoms with Crippen LogP contribution in [-0.2, 0) is 10.2 Å². The van der Waals surface area contributed by atoms with Crippen LogP contribution < -0.4 is 10.1 Å². The monoisotopic (exact) mass is 435 g/mol. The van der Waals surface area contributed by atoms with Crippen molar-refractivity contribution in [1.82, 2.24) is 14.4 Å². The molecule has 164 valence electrons. The highest BCUT2D eigenvalue weighted by molar-refractivity contribution is 6.06. The van der Waals surface area contributed by atoms with Gasteiger partial charge in [0.2, 0.25) is 11.7 Å². The van der Waals surface area contributed by atoms with Crippen molar-refractivity contribution >= 4 is 17.4 Å². The third-order valence-electron chi connectivity index (χ3n) is 6.04. The van der Waals surface area contributed by atoms with Crippen LogP contribution in [0.3, 0.4) is 0 Å². The summed E-state index contributed by atoms with van der Waals surface area (Å²) in [6, 6.07) is 6.00. The average Bonchev–Trinajstić information content (AvgIpc) is 3.39. The minimum atomic E-state index is -0.790. The van der Waals surface area contributed by atoms with Crippen molar-refractivity contribution in [1.29, 1.82) is 5.26 Å². The Hall–Kier alpha value is -3.51. The van der Waals surface area contributed by atoms with Gasteiger partial charge in [0, 0.05) is 17.8 Å². The first-order valence-electron chi connectivity index (χ1n) is 10.4. The molecule has 1 amide bonds. The molecular weight excluding hydrogens is 413 g/mol. The molecule has 0 atom stereocenters. The Balaban J connectivity index is 1.52. The maximum Gasteiger partial charge on any atom is 0.262 e. The molecule has 3 aliphatic rings. The maximum atomic E-state index is 14.5. The number of ether oxygens (including phenoxy) is 2. The van der Waals surface area contributed by atoms with Gasteiger partial charge in [0.05, 0.1) is 35.3 Å². The van der Waals surface area contributed by atoms with Gasteiger partial charge in [0.15, 0.2) is 5.82 Å². The maximum absolute atomic E-state index is 14.5. The largest absolute Gasteiger partial charge is 0.474 e. The van der Waals surface area contributed by atoms with Crippen LogP contribution in [0.2, 0.25) is 0 Å². The van der Waals surface area contributed by atoms with Gasteiger partial charge < -0.3 is 14.8 Å². The first-order valence-corrected chi connectivity index (χ1v) is 10.4. The minimum Gasteiger partial charge on any atom is -0.474 e. The van der Waals surface area contributed by atoms with Crippen LogP contribution in [0.4, 0.5) is 10.1 Å². The van der Waals surface area contributed by atoms with Gasteiger partial charge in [0.25, 0.3) is 5.91 Å². The fourth-order valence-electron chi connectivity index (χ4n) is 4.69. The molecule has 1 N–H and O–H groups in total. The Morgan fingerprint density at radius 1 is 1.34 bits per heavy atom. The molecule has 9 heteroatoms. The number of amides is 1. The second-order valence-corrected chi connectivity index (χ2v) is 9.07. The van der Waals surface area contributed by atoms with E-state index in [2.05, 4.69) is 22.2 Å². The average molecular weight is 435 g/mol. The van der Waals surface area contributed by atoms with Gasteiger partial charge in [-0.15, -0.1) is 0 Å². The number of anilines is 1. The van der Waals surface area contributed by atoms with Crippen molar-refractivity contribution in [2.75, 3.05) is 11.9 Å². The number of carbonyl (C=O) groups excluding carboxylic acids is 1. The number of rotatable bonds is 5. The van der Waals surface area contributed by atoms with E-state index in [1.165, 1.54) is 18.2 Å². The smallest absolute Gasteiger partial charge is 0.262 e. The molecule has 0 spiro atoms. The molecule has 2 bridgehead atoms. The molecule has 1 aromatic carbocycles. The Bertz CT molecular complexity index is 1290. The quantitative estimate of drug-likeness (QED) is 0.657. The zero-order chi connectivity index (χ0) is 22.7. The molecular formula is C23H22FN5O3. The first-order chi connectivity index (χ1) is 15.2. The number of nitriles is 1. The summed E-state index contributed by atoms with van der Waals surface area (Å²) in [5.41, 5.74) is 0.565.